The lowest BCUT2D eigenvalue weighted by atomic mass is 10.3. The molecule has 16 heavy (non-hydrogen) atoms. The van der Waals surface area contributed by atoms with Gasteiger partial charge in [-0.25, -0.2) is 4.39 Å². The highest BCUT2D eigenvalue weighted by Crippen LogP contribution is 2.29. The average molecular weight is 240 g/mol. The maximum absolute atomic E-state index is 13.1. The zero-order chi connectivity index (χ0) is 11.7. The number of nitrogens with two attached hydrogens (primary N) is 1. The monoisotopic (exact) mass is 240 g/mol. The van der Waals surface area contributed by atoms with E-state index in [0.29, 0.717) is 4.90 Å². The quantitative estimate of drug-likeness (QED) is 0.595. The van der Waals surface area contributed by atoms with Crippen LogP contribution in [0.4, 0.5) is 10.1 Å². The van der Waals surface area contributed by atoms with E-state index < -0.39 is 11.1 Å². The highest BCUT2D eigenvalue weighted by molar-refractivity contribution is 8.00. The standard InChI is InChI=1S/C10H9FN2O2S/c11-6-3-5(1-2-7(6)12)16-8-4-9(14)13-10(8)15/h1-3,8H,4,12H2,(H,13,14,15). The SMILES string of the molecule is Nc1ccc(SC2CC(=O)NC2=O)cc1F. The number of benzene rings is 1. The van der Waals surface area contributed by atoms with Crippen molar-refractivity contribution in [3.8, 4) is 0 Å². The average Bonchev–Trinajstić information content (AvgIpc) is 2.51. The minimum Gasteiger partial charge on any atom is -0.396 e. The minimum absolute atomic E-state index is 0.0660. The topological polar surface area (TPSA) is 72.2 Å². The van der Waals surface area contributed by atoms with Gasteiger partial charge in [0.2, 0.25) is 11.8 Å². The van der Waals surface area contributed by atoms with E-state index in [4.69, 9.17) is 5.73 Å². The number of carbonyl (C=O) groups is 2. The van der Waals surface area contributed by atoms with Crippen molar-refractivity contribution in [2.75, 3.05) is 5.73 Å². The van der Waals surface area contributed by atoms with Gasteiger partial charge >= 0.3 is 0 Å². The molecule has 0 aromatic heterocycles. The Bertz CT molecular complexity index is 464. The maximum atomic E-state index is 13.1. The van der Waals surface area contributed by atoms with Crippen LogP contribution < -0.4 is 11.1 Å². The van der Waals surface area contributed by atoms with E-state index in [2.05, 4.69) is 5.32 Å². The first kappa shape index (κ1) is 10.9. The van der Waals surface area contributed by atoms with Crippen molar-refractivity contribution < 1.29 is 14.0 Å². The van der Waals surface area contributed by atoms with E-state index >= 15 is 0 Å². The second-order valence-electron chi connectivity index (χ2n) is 3.41. The molecule has 1 aromatic carbocycles. The van der Waals surface area contributed by atoms with Crippen molar-refractivity contribution in [2.45, 2.75) is 16.6 Å². The molecule has 1 atom stereocenters. The summed E-state index contributed by atoms with van der Waals surface area (Å²) in [6, 6.07) is 4.32. The van der Waals surface area contributed by atoms with Crippen molar-refractivity contribution in [3.63, 3.8) is 0 Å². The minimum atomic E-state index is -0.519. The van der Waals surface area contributed by atoms with Crippen molar-refractivity contribution in [2.24, 2.45) is 0 Å². The first-order valence-corrected chi connectivity index (χ1v) is 5.49. The summed E-state index contributed by atoms with van der Waals surface area (Å²) in [5, 5.41) is 1.72. The molecule has 1 aliphatic heterocycles. The Hall–Kier alpha value is -1.56. The number of halogens is 1. The van der Waals surface area contributed by atoms with Crippen molar-refractivity contribution in [1.82, 2.24) is 5.32 Å². The predicted molar refractivity (Wildman–Crippen MR) is 58.2 cm³/mol. The van der Waals surface area contributed by atoms with Gasteiger partial charge in [-0.05, 0) is 18.2 Å². The molecule has 84 valence electrons. The molecule has 0 spiro atoms. The summed E-state index contributed by atoms with van der Waals surface area (Å²) >= 11 is 1.16. The number of hydrogen-bond acceptors (Lipinski definition) is 4. The number of anilines is 1. The molecule has 0 saturated carbocycles. The number of rotatable bonds is 2. The molecule has 0 bridgehead atoms. The first-order chi connectivity index (χ1) is 7.56. The van der Waals surface area contributed by atoms with Crippen LogP contribution in [0.3, 0.4) is 0 Å². The first-order valence-electron chi connectivity index (χ1n) is 4.61. The second kappa shape index (κ2) is 4.13. The van der Waals surface area contributed by atoms with Crippen LogP contribution in [0.5, 0.6) is 0 Å². The summed E-state index contributed by atoms with van der Waals surface area (Å²) in [4.78, 5) is 22.8. The molecule has 2 amide bonds. The molecule has 3 N–H and O–H groups in total. The number of nitrogen functional groups attached to an aromatic ring is 1. The van der Waals surface area contributed by atoms with Crippen LogP contribution in [0.15, 0.2) is 23.1 Å². The lowest BCUT2D eigenvalue weighted by molar-refractivity contribution is -0.124. The van der Waals surface area contributed by atoms with Gasteiger partial charge in [0.15, 0.2) is 0 Å². The smallest absolute Gasteiger partial charge is 0.240 e. The largest absolute Gasteiger partial charge is 0.396 e. The van der Waals surface area contributed by atoms with Gasteiger partial charge in [0, 0.05) is 11.3 Å². The second-order valence-corrected chi connectivity index (χ2v) is 4.68. The Morgan fingerprint density at radius 3 is 2.75 bits per heavy atom. The van der Waals surface area contributed by atoms with Crippen LogP contribution in [0.25, 0.3) is 0 Å². The predicted octanol–water partition coefficient (Wildman–Crippen LogP) is 0.915. The Morgan fingerprint density at radius 2 is 2.19 bits per heavy atom. The van der Waals surface area contributed by atoms with Gasteiger partial charge in [-0.15, -0.1) is 11.8 Å². The molecule has 1 aliphatic rings. The van der Waals surface area contributed by atoms with Crippen molar-refractivity contribution >= 4 is 29.3 Å². The highest BCUT2D eigenvalue weighted by Gasteiger charge is 2.31. The highest BCUT2D eigenvalue weighted by atomic mass is 32.2. The molecule has 2 rings (SSSR count). The third kappa shape index (κ3) is 2.16. The van der Waals surface area contributed by atoms with Gasteiger partial charge in [0.05, 0.1) is 10.9 Å². The fraction of sp³-hybridized carbons (Fsp3) is 0.200. The molecule has 1 aromatic rings. The maximum Gasteiger partial charge on any atom is 0.240 e. The Balaban J connectivity index is 2.12. The van der Waals surface area contributed by atoms with Gasteiger partial charge < -0.3 is 5.73 Å². The zero-order valence-electron chi connectivity index (χ0n) is 8.20. The number of imide groups is 1. The fourth-order valence-electron chi connectivity index (χ4n) is 1.37. The molecule has 4 nitrogen and oxygen atoms in total. The normalized spacial score (nSPS) is 19.9. The third-order valence-electron chi connectivity index (χ3n) is 2.18. The molecule has 6 heteroatoms. The Labute approximate surface area is 95.4 Å². The molecule has 0 aliphatic carbocycles. The van der Waals surface area contributed by atoms with Crippen LogP contribution in [0.2, 0.25) is 0 Å². The van der Waals surface area contributed by atoms with E-state index in [-0.39, 0.29) is 23.9 Å². The van der Waals surface area contributed by atoms with Crippen molar-refractivity contribution in [3.05, 3.63) is 24.0 Å². The van der Waals surface area contributed by atoms with Gasteiger partial charge in [0.25, 0.3) is 0 Å². The fourth-order valence-corrected chi connectivity index (χ4v) is 2.42. The van der Waals surface area contributed by atoms with E-state index in [1.165, 1.54) is 12.1 Å². The third-order valence-corrected chi connectivity index (χ3v) is 3.37. The summed E-state index contributed by atoms with van der Waals surface area (Å²) < 4.78 is 13.1. The van der Waals surface area contributed by atoms with Gasteiger partial charge in [-0.2, -0.15) is 0 Å². The van der Waals surface area contributed by atoms with Crippen LogP contribution >= 0.6 is 11.8 Å². The number of hydrogen-bond donors (Lipinski definition) is 2. The van der Waals surface area contributed by atoms with E-state index in [9.17, 15) is 14.0 Å². The number of nitrogens with one attached hydrogen (secondary N) is 1. The molecule has 0 radical (unpaired) electrons. The van der Waals surface area contributed by atoms with Crippen LogP contribution in [0.1, 0.15) is 6.42 Å². The number of amides is 2. The van der Waals surface area contributed by atoms with Crippen LogP contribution in [-0.4, -0.2) is 17.1 Å². The summed E-state index contributed by atoms with van der Waals surface area (Å²) in [6.45, 7) is 0. The molecular weight excluding hydrogens is 231 g/mol. The molecule has 1 saturated heterocycles. The number of carbonyl (C=O) groups excluding carboxylic acids is 2. The zero-order valence-corrected chi connectivity index (χ0v) is 9.01. The molecule has 1 heterocycles. The lowest BCUT2D eigenvalue weighted by Crippen LogP contribution is -2.22. The van der Waals surface area contributed by atoms with Gasteiger partial charge in [-0.3, -0.25) is 14.9 Å². The summed E-state index contributed by atoms with van der Waals surface area (Å²) in [7, 11) is 0. The van der Waals surface area contributed by atoms with E-state index in [1.807, 2.05) is 0 Å². The Morgan fingerprint density at radius 1 is 1.44 bits per heavy atom. The van der Waals surface area contributed by atoms with Crippen molar-refractivity contribution in [1.29, 1.82) is 0 Å². The Kier molecular flexibility index (Phi) is 2.82. The van der Waals surface area contributed by atoms with Gasteiger partial charge in [0.1, 0.15) is 5.82 Å². The van der Waals surface area contributed by atoms with E-state index in [1.54, 1.807) is 6.07 Å². The summed E-state index contributed by atoms with van der Waals surface area (Å²) in [5.41, 5.74) is 5.39. The number of thioether (sulfide) groups is 1. The summed E-state index contributed by atoms with van der Waals surface area (Å²) in [5.74, 6) is -1.14. The molecular formula is C10H9FN2O2S. The molecule has 1 unspecified atom stereocenters. The van der Waals surface area contributed by atoms with Gasteiger partial charge in [-0.1, -0.05) is 0 Å². The van der Waals surface area contributed by atoms with E-state index in [0.717, 1.165) is 11.8 Å². The van der Waals surface area contributed by atoms with Crippen LogP contribution in [0, 0.1) is 5.82 Å². The van der Waals surface area contributed by atoms with Crippen LogP contribution in [-0.2, 0) is 9.59 Å². The summed E-state index contributed by atoms with van der Waals surface area (Å²) in [6.07, 6.45) is 0.134. The lowest BCUT2D eigenvalue weighted by Gasteiger charge is -2.06. The molecule has 1 fully saturated rings.